The van der Waals surface area contributed by atoms with Crippen LogP contribution in [0.25, 0.3) is 11.3 Å². The monoisotopic (exact) mass is 612 g/mol. The molecule has 0 radical (unpaired) electrons. The van der Waals surface area contributed by atoms with Gasteiger partial charge < -0.3 is 14.9 Å². The first kappa shape index (κ1) is 31.2. The highest BCUT2D eigenvalue weighted by molar-refractivity contribution is 5.84. The van der Waals surface area contributed by atoms with Gasteiger partial charge in [0.25, 0.3) is 0 Å². The third kappa shape index (κ3) is 4.34. The van der Waals surface area contributed by atoms with Crippen LogP contribution in [0.5, 0.6) is 0 Å². The lowest BCUT2D eigenvalue weighted by Crippen LogP contribution is -2.66. The average molecular weight is 613 g/mol. The Labute approximate surface area is 271 Å². The third-order valence-corrected chi connectivity index (χ3v) is 15.5. The zero-order valence-corrected chi connectivity index (χ0v) is 28.8. The topological polar surface area (TPSA) is 75.4 Å². The Morgan fingerprint density at radius 2 is 1.71 bits per heavy atom. The molecule has 4 saturated carbocycles. The van der Waals surface area contributed by atoms with E-state index in [4.69, 9.17) is 4.52 Å². The molecule has 0 spiro atoms. The van der Waals surface area contributed by atoms with E-state index in [1.807, 2.05) is 36.4 Å². The van der Waals surface area contributed by atoms with Crippen molar-refractivity contribution in [1.82, 2.24) is 10.5 Å². The second-order valence-corrected chi connectivity index (χ2v) is 17.4. The Morgan fingerprint density at radius 3 is 2.47 bits per heavy atom. The number of aromatic nitrogens is 1. The van der Waals surface area contributed by atoms with Crippen LogP contribution in [0.2, 0.25) is 0 Å². The summed E-state index contributed by atoms with van der Waals surface area (Å²) >= 11 is 0. The molecular formula is C40H56N2O3. The molecule has 1 amide bonds. The lowest BCUT2D eigenvalue weighted by atomic mass is 9.33. The van der Waals surface area contributed by atoms with Crippen molar-refractivity contribution in [2.45, 2.75) is 119 Å². The molecule has 1 aromatic carbocycles. The molecule has 5 aliphatic rings. The summed E-state index contributed by atoms with van der Waals surface area (Å²) in [5, 5.41) is 18.7. The van der Waals surface area contributed by atoms with Gasteiger partial charge in [-0.2, -0.15) is 0 Å². The second kappa shape index (κ2) is 10.6. The Balaban J connectivity index is 1.19. The van der Waals surface area contributed by atoms with Gasteiger partial charge in [0.2, 0.25) is 5.91 Å². The molecule has 45 heavy (non-hydrogen) atoms. The van der Waals surface area contributed by atoms with Gasteiger partial charge in [0, 0.05) is 11.6 Å². The SMILES string of the molecule is C[C@H]1[C@H](C)CC[C@]2(C(=O)NCc3cc(-c4ccccc4)no3)CC[C@]3(C)C(=CCC4[C@@]5(C)CC[C@H](O)C(C)(C)C5CC[C@]43C)[C@H]12. The molecule has 4 fully saturated rings. The Bertz CT molecular complexity index is 1480. The van der Waals surface area contributed by atoms with Crippen molar-refractivity contribution in [2.24, 2.45) is 56.7 Å². The first-order valence-electron chi connectivity index (χ1n) is 18.0. The van der Waals surface area contributed by atoms with Crippen molar-refractivity contribution >= 4 is 5.91 Å². The zero-order valence-electron chi connectivity index (χ0n) is 28.8. The number of amides is 1. The molecule has 0 bridgehead atoms. The van der Waals surface area contributed by atoms with Crippen LogP contribution in [-0.2, 0) is 11.3 Å². The molecule has 1 heterocycles. The molecule has 244 valence electrons. The van der Waals surface area contributed by atoms with E-state index in [1.165, 1.54) is 12.8 Å². The number of benzene rings is 1. The van der Waals surface area contributed by atoms with Gasteiger partial charge in [-0.15, -0.1) is 0 Å². The minimum atomic E-state index is -0.374. The molecule has 5 aliphatic carbocycles. The van der Waals surface area contributed by atoms with Gasteiger partial charge in [-0.25, -0.2) is 0 Å². The predicted octanol–water partition coefficient (Wildman–Crippen LogP) is 8.98. The predicted molar refractivity (Wildman–Crippen MR) is 179 cm³/mol. The molecule has 1 aromatic heterocycles. The van der Waals surface area contributed by atoms with E-state index in [9.17, 15) is 9.90 Å². The number of hydrogen-bond acceptors (Lipinski definition) is 4. The summed E-state index contributed by atoms with van der Waals surface area (Å²) in [7, 11) is 0. The van der Waals surface area contributed by atoms with Crippen LogP contribution in [0, 0.1) is 56.7 Å². The Kier molecular flexibility index (Phi) is 7.32. The molecule has 0 saturated heterocycles. The van der Waals surface area contributed by atoms with Crippen molar-refractivity contribution < 1.29 is 14.4 Å². The molecule has 5 heteroatoms. The van der Waals surface area contributed by atoms with E-state index in [0.29, 0.717) is 36.0 Å². The van der Waals surface area contributed by atoms with Crippen LogP contribution in [0.15, 0.2) is 52.6 Å². The number of allylic oxidation sites excluding steroid dienone is 2. The first-order chi connectivity index (χ1) is 21.3. The number of hydrogen-bond donors (Lipinski definition) is 2. The van der Waals surface area contributed by atoms with Crippen molar-refractivity contribution in [2.75, 3.05) is 0 Å². The second-order valence-electron chi connectivity index (χ2n) is 17.4. The van der Waals surface area contributed by atoms with Gasteiger partial charge in [-0.1, -0.05) is 95.6 Å². The summed E-state index contributed by atoms with van der Waals surface area (Å²) in [6, 6.07) is 12.0. The smallest absolute Gasteiger partial charge is 0.227 e. The van der Waals surface area contributed by atoms with Gasteiger partial charge >= 0.3 is 0 Å². The number of fused-ring (bicyclic) bond motifs is 7. The van der Waals surface area contributed by atoms with Gasteiger partial charge in [0.05, 0.1) is 18.1 Å². The molecule has 2 unspecified atom stereocenters. The van der Waals surface area contributed by atoms with Crippen molar-refractivity contribution in [1.29, 1.82) is 0 Å². The number of carbonyl (C=O) groups excluding carboxylic acids is 1. The van der Waals surface area contributed by atoms with E-state index in [1.54, 1.807) is 5.57 Å². The lowest BCUT2D eigenvalue weighted by Gasteiger charge is -2.71. The van der Waals surface area contributed by atoms with Crippen LogP contribution < -0.4 is 5.32 Å². The maximum atomic E-state index is 14.5. The fraction of sp³-hybridized carbons (Fsp3) is 0.700. The van der Waals surface area contributed by atoms with Gasteiger partial charge in [-0.3, -0.25) is 4.79 Å². The summed E-state index contributed by atoms with van der Waals surface area (Å²) in [5.41, 5.74) is 3.51. The van der Waals surface area contributed by atoms with E-state index in [-0.39, 0.29) is 45.0 Å². The lowest BCUT2D eigenvalue weighted by molar-refractivity contribution is -0.204. The molecule has 0 aliphatic heterocycles. The third-order valence-electron chi connectivity index (χ3n) is 15.5. The van der Waals surface area contributed by atoms with Crippen LogP contribution in [0.4, 0.5) is 0 Å². The van der Waals surface area contributed by atoms with E-state index in [0.717, 1.165) is 56.2 Å². The summed E-state index contributed by atoms with van der Waals surface area (Å²) in [5.74, 6) is 3.38. The fourth-order valence-corrected chi connectivity index (χ4v) is 12.4. The molecule has 2 N–H and O–H groups in total. The molecule has 2 aromatic rings. The standard InChI is InChI=1S/C40H56N2O3/c1-25-15-20-40(35(44)41-24-28-23-30(42-45-28)27-11-9-8-10-12-27)22-21-38(6)29(34(40)26(25)2)13-14-32-37(5)18-17-33(43)36(3,4)31(37)16-19-39(32,38)7/h8-13,23,25-26,31-34,43H,14-22,24H2,1-7H3,(H,41,44)/t25-,26+,31?,32?,33+,34+,37+,38-,39-,40+/m1/s1. The average Bonchev–Trinajstić information content (AvgIpc) is 3.50. The number of carbonyl (C=O) groups is 1. The number of aliphatic hydroxyl groups excluding tert-OH is 1. The van der Waals surface area contributed by atoms with Crippen molar-refractivity contribution in [3.8, 4) is 11.3 Å². The minimum absolute atomic E-state index is 0.0439. The van der Waals surface area contributed by atoms with Gasteiger partial charge in [0.15, 0.2) is 5.76 Å². The van der Waals surface area contributed by atoms with Crippen LogP contribution in [-0.4, -0.2) is 22.3 Å². The quantitative estimate of drug-likeness (QED) is 0.338. The fourth-order valence-electron chi connectivity index (χ4n) is 12.4. The Morgan fingerprint density at radius 1 is 0.956 bits per heavy atom. The minimum Gasteiger partial charge on any atom is -0.393 e. The number of aliphatic hydroxyl groups is 1. The maximum Gasteiger partial charge on any atom is 0.227 e. The number of nitrogens with one attached hydrogen (secondary N) is 1. The van der Waals surface area contributed by atoms with Crippen LogP contribution >= 0.6 is 0 Å². The molecule has 7 rings (SSSR count). The number of nitrogens with zero attached hydrogens (tertiary/aromatic N) is 1. The van der Waals surface area contributed by atoms with Crippen LogP contribution in [0.1, 0.15) is 112 Å². The largest absolute Gasteiger partial charge is 0.393 e. The van der Waals surface area contributed by atoms with E-state index >= 15 is 0 Å². The molecular weight excluding hydrogens is 556 g/mol. The highest BCUT2D eigenvalue weighted by Crippen LogP contribution is 2.75. The maximum absolute atomic E-state index is 14.5. The summed E-state index contributed by atoms with van der Waals surface area (Å²) in [6.07, 6.45) is 12.1. The summed E-state index contributed by atoms with van der Waals surface area (Å²) < 4.78 is 5.69. The summed E-state index contributed by atoms with van der Waals surface area (Å²) in [6.45, 7) is 17.7. The molecule has 5 nitrogen and oxygen atoms in total. The normalized spacial score (nSPS) is 43.6. The summed E-state index contributed by atoms with van der Waals surface area (Å²) in [4.78, 5) is 14.5. The number of rotatable bonds is 4. The van der Waals surface area contributed by atoms with E-state index < -0.39 is 0 Å². The van der Waals surface area contributed by atoms with Crippen molar-refractivity contribution in [3.05, 3.63) is 53.8 Å². The van der Waals surface area contributed by atoms with Crippen LogP contribution in [0.3, 0.4) is 0 Å². The zero-order chi connectivity index (χ0) is 32.0. The van der Waals surface area contributed by atoms with E-state index in [2.05, 4.69) is 65.0 Å². The van der Waals surface area contributed by atoms with Gasteiger partial charge in [-0.05, 0) is 109 Å². The first-order valence-corrected chi connectivity index (χ1v) is 18.0. The Hall–Kier alpha value is -2.40. The highest BCUT2D eigenvalue weighted by Gasteiger charge is 2.69. The van der Waals surface area contributed by atoms with Gasteiger partial charge in [0.1, 0.15) is 5.69 Å². The molecule has 10 atom stereocenters. The highest BCUT2D eigenvalue weighted by atomic mass is 16.5. The van der Waals surface area contributed by atoms with Crippen molar-refractivity contribution in [3.63, 3.8) is 0 Å².